The van der Waals surface area contributed by atoms with Crippen LogP contribution in [0.2, 0.25) is 0 Å². The van der Waals surface area contributed by atoms with Gasteiger partial charge in [0.25, 0.3) is 5.91 Å². The first kappa shape index (κ1) is 19.4. The average Bonchev–Trinajstić information content (AvgIpc) is 3.31. The predicted octanol–water partition coefficient (Wildman–Crippen LogP) is 3.84. The van der Waals surface area contributed by atoms with Crippen LogP contribution >= 0.6 is 15.9 Å². The lowest BCUT2D eigenvalue weighted by Crippen LogP contribution is -2.32. The maximum Gasteiger partial charge on any atom is 0.271 e. The highest BCUT2D eigenvalue weighted by Gasteiger charge is 2.33. The van der Waals surface area contributed by atoms with Crippen molar-refractivity contribution in [1.29, 1.82) is 0 Å². The Kier molecular flexibility index (Phi) is 5.03. The van der Waals surface area contributed by atoms with E-state index < -0.39 is 29.3 Å². The minimum absolute atomic E-state index is 0.145. The van der Waals surface area contributed by atoms with Gasteiger partial charge < -0.3 is 15.2 Å². The number of aromatic amines is 1. The van der Waals surface area contributed by atoms with Crippen molar-refractivity contribution in [2.45, 2.75) is 6.42 Å². The second-order valence-corrected chi connectivity index (χ2v) is 7.49. The number of benzene rings is 1. The number of nitrogens with zero attached hydrogens (tertiary/aromatic N) is 2. The van der Waals surface area contributed by atoms with Gasteiger partial charge in [0.1, 0.15) is 11.3 Å². The number of pyridine rings is 1. The molecular weight excluding hydrogens is 453 g/mol. The molecule has 0 saturated carbocycles. The molecule has 0 bridgehead atoms. The number of nitrogens with one attached hydrogen (secondary N) is 2. The van der Waals surface area contributed by atoms with Crippen LogP contribution in [0.4, 0.5) is 18.9 Å². The lowest BCUT2D eigenvalue weighted by molar-refractivity contribution is -0.119. The third-order valence-corrected chi connectivity index (χ3v) is 5.64. The molecule has 1 aliphatic heterocycles. The fourth-order valence-corrected chi connectivity index (χ4v) is 3.91. The van der Waals surface area contributed by atoms with Crippen LogP contribution in [0.25, 0.3) is 11.0 Å². The number of anilines is 1. The predicted molar refractivity (Wildman–Crippen MR) is 103 cm³/mol. The quantitative estimate of drug-likeness (QED) is 0.575. The largest absolute Gasteiger partial charge is 0.337 e. The minimum atomic E-state index is -1.60. The molecule has 1 fully saturated rings. The molecule has 4 rings (SSSR count). The van der Waals surface area contributed by atoms with Crippen molar-refractivity contribution >= 4 is 44.5 Å². The molecule has 1 aromatic carbocycles. The molecule has 29 heavy (non-hydrogen) atoms. The zero-order chi connectivity index (χ0) is 20.7. The zero-order valence-electron chi connectivity index (χ0n) is 14.8. The molecule has 0 aliphatic carbocycles. The van der Waals surface area contributed by atoms with E-state index in [0.29, 0.717) is 40.9 Å². The van der Waals surface area contributed by atoms with Crippen LogP contribution in [-0.4, -0.2) is 39.8 Å². The Morgan fingerprint density at radius 1 is 1.24 bits per heavy atom. The summed E-state index contributed by atoms with van der Waals surface area (Å²) in [6.45, 7) is 0.490. The van der Waals surface area contributed by atoms with Crippen LogP contribution in [0.3, 0.4) is 0 Å². The molecule has 0 radical (unpaired) electrons. The van der Waals surface area contributed by atoms with Crippen molar-refractivity contribution in [3.05, 3.63) is 58.1 Å². The number of carbonyl (C=O) groups is 2. The van der Waals surface area contributed by atoms with Gasteiger partial charge in [0, 0.05) is 42.5 Å². The van der Waals surface area contributed by atoms with Crippen LogP contribution in [0.5, 0.6) is 0 Å². The lowest BCUT2D eigenvalue weighted by atomic mass is 10.1. The van der Waals surface area contributed by atoms with Crippen molar-refractivity contribution in [2.75, 3.05) is 18.4 Å². The molecule has 2 aromatic heterocycles. The van der Waals surface area contributed by atoms with Gasteiger partial charge in [-0.2, -0.15) is 0 Å². The standard InChI is InChI=1S/C19H14BrF3N4O2/c20-14-11-2-1-4-24-17(11)26-16(14)19(29)27-5-3-9(8-27)18(28)25-10-6-12(21)15(23)13(22)7-10/h1-2,4,6-7,9H,3,5,8H2,(H,24,26)(H,25,28)/t9-/m0/s1. The smallest absolute Gasteiger partial charge is 0.271 e. The first-order valence-electron chi connectivity index (χ1n) is 8.72. The van der Waals surface area contributed by atoms with E-state index in [-0.39, 0.29) is 18.1 Å². The first-order chi connectivity index (χ1) is 13.8. The van der Waals surface area contributed by atoms with Crippen LogP contribution < -0.4 is 5.32 Å². The van der Waals surface area contributed by atoms with Gasteiger partial charge in [-0.05, 0) is 34.5 Å². The fraction of sp³-hybridized carbons (Fsp3) is 0.211. The summed E-state index contributed by atoms with van der Waals surface area (Å²) in [7, 11) is 0. The Bertz CT molecular complexity index is 1110. The Labute approximate surface area is 171 Å². The van der Waals surface area contributed by atoms with Gasteiger partial charge in [0.2, 0.25) is 5.91 Å². The van der Waals surface area contributed by atoms with Gasteiger partial charge in [0.05, 0.1) is 10.4 Å². The normalized spacial score (nSPS) is 16.4. The average molecular weight is 467 g/mol. The number of H-pyrrole nitrogens is 1. The second-order valence-electron chi connectivity index (χ2n) is 6.69. The molecule has 2 N–H and O–H groups in total. The third kappa shape index (κ3) is 3.59. The molecule has 0 unspecified atom stereocenters. The van der Waals surface area contributed by atoms with Crippen molar-refractivity contribution < 1.29 is 22.8 Å². The number of hydrogen-bond acceptors (Lipinski definition) is 3. The van der Waals surface area contributed by atoms with Crippen LogP contribution in [-0.2, 0) is 4.79 Å². The molecule has 0 spiro atoms. The summed E-state index contributed by atoms with van der Waals surface area (Å²) in [4.78, 5) is 33.9. The monoisotopic (exact) mass is 466 g/mol. The molecule has 10 heteroatoms. The molecular formula is C19H14BrF3N4O2. The Morgan fingerprint density at radius 3 is 2.66 bits per heavy atom. The summed E-state index contributed by atoms with van der Waals surface area (Å²) in [5.74, 6) is -5.72. The summed E-state index contributed by atoms with van der Waals surface area (Å²) in [5.41, 5.74) is 0.722. The summed E-state index contributed by atoms with van der Waals surface area (Å²) in [5, 5.41) is 3.14. The Morgan fingerprint density at radius 2 is 1.97 bits per heavy atom. The van der Waals surface area contributed by atoms with E-state index in [2.05, 4.69) is 31.2 Å². The Hall–Kier alpha value is -2.88. The topological polar surface area (TPSA) is 78.1 Å². The summed E-state index contributed by atoms with van der Waals surface area (Å²) < 4.78 is 40.3. The van der Waals surface area contributed by atoms with E-state index in [0.717, 1.165) is 5.39 Å². The highest BCUT2D eigenvalue weighted by Crippen LogP contribution is 2.29. The van der Waals surface area contributed by atoms with E-state index in [1.165, 1.54) is 4.90 Å². The van der Waals surface area contributed by atoms with Gasteiger partial charge >= 0.3 is 0 Å². The van der Waals surface area contributed by atoms with E-state index in [1.54, 1.807) is 12.3 Å². The van der Waals surface area contributed by atoms with E-state index >= 15 is 0 Å². The van der Waals surface area contributed by atoms with E-state index in [4.69, 9.17) is 0 Å². The number of carbonyl (C=O) groups excluding carboxylic acids is 2. The molecule has 1 atom stereocenters. The van der Waals surface area contributed by atoms with Crippen molar-refractivity contribution in [1.82, 2.24) is 14.9 Å². The first-order valence-corrected chi connectivity index (χ1v) is 9.51. The van der Waals surface area contributed by atoms with Gasteiger partial charge in [-0.1, -0.05) is 0 Å². The van der Waals surface area contributed by atoms with Crippen molar-refractivity contribution in [3.63, 3.8) is 0 Å². The number of halogens is 4. The number of likely N-dealkylation sites (tertiary alicyclic amines) is 1. The number of fused-ring (bicyclic) bond motifs is 1. The molecule has 3 aromatic rings. The van der Waals surface area contributed by atoms with Crippen LogP contribution in [0.15, 0.2) is 34.9 Å². The van der Waals surface area contributed by atoms with E-state index in [9.17, 15) is 22.8 Å². The van der Waals surface area contributed by atoms with Crippen LogP contribution in [0.1, 0.15) is 16.9 Å². The maximum absolute atomic E-state index is 13.3. The van der Waals surface area contributed by atoms with Crippen LogP contribution in [0, 0.1) is 23.4 Å². The van der Waals surface area contributed by atoms with Gasteiger partial charge in [0.15, 0.2) is 17.5 Å². The number of rotatable bonds is 3. The third-order valence-electron chi connectivity index (χ3n) is 4.82. The summed E-state index contributed by atoms with van der Waals surface area (Å²) in [6, 6.07) is 5.00. The summed E-state index contributed by atoms with van der Waals surface area (Å²) >= 11 is 3.41. The van der Waals surface area contributed by atoms with Crippen molar-refractivity contribution in [3.8, 4) is 0 Å². The van der Waals surface area contributed by atoms with Gasteiger partial charge in [-0.3, -0.25) is 9.59 Å². The maximum atomic E-state index is 13.3. The van der Waals surface area contributed by atoms with Gasteiger partial charge in [-0.15, -0.1) is 0 Å². The second kappa shape index (κ2) is 7.51. The zero-order valence-corrected chi connectivity index (χ0v) is 16.4. The molecule has 1 saturated heterocycles. The minimum Gasteiger partial charge on any atom is -0.337 e. The van der Waals surface area contributed by atoms with Crippen molar-refractivity contribution in [2.24, 2.45) is 5.92 Å². The molecule has 150 valence electrons. The molecule has 1 aliphatic rings. The van der Waals surface area contributed by atoms with E-state index in [1.807, 2.05) is 6.07 Å². The molecule has 3 heterocycles. The Balaban J connectivity index is 1.46. The van der Waals surface area contributed by atoms with Gasteiger partial charge in [-0.25, -0.2) is 18.2 Å². The summed E-state index contributed by atoms with van der Waals surface area (Å²) in [6.07, 6.45) is 2.00. The number of amides is 2. The lowest BCUT2D eigenvalue weighted by Gasteiger charge is -2.16. The number of hydrogen-bond donors (Lipinski definition) is 2. The molecule has 6 nitrogen and oxygen atoms in total. The SMILES string of the molecule is O=C(Nc1cc(F)c(F)c(F)c1)[C@H]1CCN(C(=O)c2[nH]c3ncccc3c2Br)C1. The highest BCUT2D eigenvalue weighted by molar-refractivity contribution is 9.10. The highest BCUT2D eigenvalue weighted by atomic mass is 79.9. The fourth-order valence-electron chi connectivity index (χ4n) is 3.33. The molecule has 2 amide bonds. The number of aromatic nitrogens is 2.